The molecule has 1 aliphatic heterocycles. The number of methoxy groups -OCH3 is 1. The summed E-state index contributed by atoms with van der Waals surface area (Å²) in [5.74, 6) is 2.41. The molecule has 0 spiro atoms. The zero-order chi connectivity index (χ0) is 23.9. The Bertz CT molecular complexity index is 1100. The number of carbonyl (C=O) groups is 1. The first kappa shape index (κ1) is 24.0. The molecule has 1 saturated heterocycles. The van der Waals surface area contributed by atoms with Crippen molar-refractivity contribution in [3.05, 3.63) is 59.4 Å². The predicted octanol–water partition coefficient (Wildman–Crippen LogP) is 4.19. The van der Waals surface area contributed by atoms with Gasteiger partial charge in [0.2, 0.25) is 17.6 Å². The quantitative estimate of drug-likeness (QED) is 0.487. The van der Waals surface area contributed by atoms with Gasteiger partial charge in [-0.3, -0.25) is 9.69 Å². The fourth-order valence-corrected chi connectivity index (χ4v) is 4.19. The first-order valence-corrected chi connectivity index (χ1v) is 11.8. The lowest BCUT2D eigenvalue weighted by Crippen LogP contribution is -2.44. The summed E-state index contributed by atoms with van der Waals surface area (Å²) in [6.07, 6.45) is 1.55. The number of piperidine rings is 1. The van der Waals surface area contributed by atoms with Gasteiger partial charge in [-0.25, -0.2) is 0 Å². The van der Waals surface area contributed by atoms with Crippen molar-refractivity contribution >= 4 is 17.5 Å². The van der Waals surface area contributed by atoms with E-state index in [9.17, 15) is 4.79 Å². The molecule has 8 nitrogen and oxygen atoms in total. The van der Waals surface area contributed by atoms with E-state index in [0.29, 0.717) is 41.4 Å². The molecule has 0 aliphatic carbocycles. The number of aromatic nitrogens is 2. The smallest absolute Gasteiger partial charge is 0.241 e. The van der Waals surface area contributed by atoms with Crippen LogP contribution in [0.15, 0.2) is 53.1 Å². The number of amides is 1. The van der Waals surface area contributed by atoms with Gasteiger partial charge in [0.25, 0.3) is 0 Å². The Kier molecular flexibility index (Phi) is 8.03. The maximum Gasteiger partial charge on any atom is 0.241 e. The summed E-state index contributed by atoms with van der Waals surface area (Å²) in [5, 5.41) is 7.72. The topological polar surface area (TPSA) is 89.7 Å². The molecule has 1 unspecified atom stereocenters. The summed E-state index contributed by atoms with van der Waals surface area (Å²) in [7, 11) is 1.61. The number of carbonyl (C=O) groups excluding carboxylic acids is 1. The van der Waals surface area contributed by atoms with Crippen LogP contribution >= 0.6 is 11.6 Å². The fraction of sp³-hybridized carbons (Fsp3) is 0.400. The zero-order valence-corrected chi connectivity index (χ0v) is 20.1. The second-order valence-corrected chi connectivity index (χ2v) is 8.82. The van der Waals surface area contributed by atoms with Gasteiger partial charge in [-0.05, 0) is 57.1 Å². The molecule has 0 radical (unpaired) electrons. The van der Waals surface area contributed by atoms with Crippen molar-refractivity contribution in [2.45, 2.75) is 32.4 Å². The van der Waals surface area contributed by atoms with Crippen LogP contribution in [-0.4, -0.2) is 53.8 Å². The van der Waals surface area contributed by atoms with Crippen molar-refractivity contribution in [3.8, 4) is 22.9 Å². The lowest BCUT2D eigenvalue weighted by Gasteiger charge is -2.30. The van der Waals surface area contributed by atoms with E-state index in [0.717, 1.165) is 31.5 Å². The molecule has 180 valence electrons. The van der Waals surface area contributed by atoms with E-state index in [-0.39, 0.29) is 17.9 Å². The Hall–Kier alpha value is -3.10. The van der Waals surface area contributed by atoms with Crippen LogP contribution in [0.3, 0.4) is 0 Å². The van der Waals surface area contributed by atoms with Gasteiger partial charge >= 0.3 is 0 Å². The van der Waals surface area contributed by atoms with Crippen LogP contribution in [0.4, 0.5) is 0 Å². The van der Waals surface area contributed by atoms with Crippen molar-refractivity contribution < 1.29 is 18.8 Å². The van der Waals surface area contributed by atoms with E-state index in [1.54, 1.807) is 13.2 Å². The molecule has 1 amide bonds. The molecule has 1 fully saturated rings. The second-order valence-electron chi connectivity index (χ2n) is 8.41. The molecule has 34 heavy (non-hydrogen) atoms. The number of hydrogen-bond donors (Lipinski definition) is 1. The van der Waals surface area contributed by atoms with Crippen molar-refractivity contribution in [1.82, 2.24) is 20.4 Å². The fourth-order valence-electron chi connectivity index (χ4n) is 3.97. The average Bonchev–Trinajstić information content (AvgIpc) is 3.31. The lowest BCUT2D eigenvalue weighted by atomic mass is 9.95. The summed E-state index contributed by atoms with van der Waals surface area (Å²) in [4.78, 5) is 19.4. The van der Waals surface area contributed by atoms with Gasteiger partial charge in [0, 0.05) is 11.5 Å². The molecule has 1 atom stereocenters. The van der Waals surface area contributed by atoms with Gasteiger partial charge in [-0.1, -0.05) is 41.0 Å². The number of hydrogen-bond acceptors (Lipinski definition) is 7. The van der Waals surface area contributed by atoms with Gasteiger partial charge in [-0.2, -0.15) is 4.98 Å². The van der Waals surface area contributed by atoms with Gasteiger partial charge < -0.3 is 19.3 Å². The molecule has 2 heterocycles. The van der Waals surface area contributed by atoms with Crippen LogP contribution in [-0.2, 0) is 11.3 Å². The summed E-state index contributed by atoms with van der Waals surface area (Å²) >= 11 is 6.22. The molecule has 9 heteroatoms. The summed E-state index contributed by atoms with van der Waals surface area (Å²) in [6, 6.07) is 14.8. The van der Waals surface area contributed by atoms with Gasteiger partial charge in [-0.15, -0.1) is 0 Å². The lowest BCUT2D eigenvalue weighted by molar-refractivity contribution is -0.127. The molecule has 2 aromatic carbocycles. The van der Waals surface area contributed by atoms with E-state index >= 15 is 0 Å². The third-order valence-corrected chi connectivity index (χ3v) is 6.18. The standard InChI is InChI=1S/C25H29ClN4O4/c1-17(16-33-22-10-6-5-9-21(22)32-2)27-25(31)18-11-13-30(14-12-18)15-23-28-24(29-34-23)19-7-3-4-8-20(19)26/h3-10,17-18H,11-16H2,1-2H3,(H,27,31). The number of ether oxygens (including phenoxy) is 2. The minimum absolute atomic E-state index is 0.0219. The van der Waals surface area contributed by atoms with Crippen molar-refractivity contribution in [3.63, 3.8) is 0 Å². The Balaban J connectivity index is 1.21. The number of halogens is 1. The van der Waals surface area contributed by atoms with Crippen LogP contribution in [0.2, 0.25) is 5.02 Å². The Labute approximate surface area is 204 Å². The minimum Gasteiger partial charge on any atom is -0.493 e. The highest BCUT2D eigenvalue weighted by molar-refractivity contribution is 6.33. The average molecular weight is 485 g/mol. The van der Waals surface area contributed by atoms with Crippen LogP contribution in [0.25, 0.3) is 11.4 Å². The van der Waals surface area contributed by atoms with E-state index in [1.165, 1.54) is 0 Å². The summed E-state index contributed by atoms with van der Waals surface area (Å²) in [6.45, 7) is 4.43. The van der Waals surface area contributed by atoms with Gasteiger partial charge in [0.05, 0.1) is 24.7 Å². The summed E-state index contributed by atoms with van der Waals surface area (Å²) in [5.41, 5.74) is 0.748. The molecule has 0 bridgehead atoms. The number of likely N-dealkylation sites (tertiary alicyclic amines) is 1. The molecule has 1 aliphatic rings. The molecule has 4 rings (SSSR count). The highest BCUT2D eigenvalue weighted by Crippen LogP contribution is 2.27. The van der Waals surface area contributed by atoms with E-state index in [1.807, 2.05) is 49.4 Å². The monoisotopic (exact) mass is 484 g/mol. The first-order valence-electron chi connectivity index (χ1n) is 11.4. The van der Waals surface area contributed by atoms with Crippen molar-refractivity contribution in [2.24, 2.45) is 5.92 Å². The second kappa shape index (κ2) is 11.4. The largest absolute Gasteiger partial charge is 0.493 e. The highest BCUT2D eigenvalue weighted by atomic mass is 35.5. The highest BCUT2D eigenvalue weighted by Gasteiger charge is 2.27. The van der Waals surface area contributed by atoms with Crippen LogP contribution in [0, 0.1) is 5.92 Å². The van der Waals surface area contributed by atoms with Crippen LogP contribution in [0.1, 0.15) is 25.7 Å². The molecule has 1 N–H and O–H groups in total. The van der Waals surface area contributed by atoms with E-state index in [2.05, 4.69) is 20.4 Å². The molecular formula is C25H29ClN4O4. The number of nitrogens with zero attached hydrogens (tertiary/aromatic N) is 3. The third kappa shape index (κ3) is 6.07. The first-order chi connectivity index (χ1) is 16.5. The van der Waals surface area contributed by atoms with Gasteiger partial charge in [0.15, 0.2) is 11.5 Å². The molecule has 0 saturated carbocycles. The van der Waals surface area contributed by atoms with Crippen molar-refractivity contribution in [1.29, 1.82) is 0 Å². The predicted molar refractivity (Wildman–Crippen MR) is 129 cm³/mol. The normalized spacial score (nSPS) is 15.6. The maximum atomic E-state index is 12.7. The number of nitrogens with one attached hydrogen (secondary N) is 1. The SMILES string of the molecule is COc1ccccc1OCC(C)NC(=O)C1CCN(Cc2nc(-c3ccccc3Cl)no2)CC1. The third-order valence-electron chi connectivity index (χ3n) is 5.85. The molecule has 3 aromatic rings. The number of benzene rings is 2. The summed E-state index contributed by atoms with van der Waals surface area (Å²) < 4.78 is 16.5. The maximum absolute atomic E-state index is 12.7. The Morgan fingerprint density at radius 2 is 1.88 bits per heavy atom. The molecular weight excluding hydrogens is 456 g/mol. The number of para-hydroxylation sites is 2. The number of rotatable bonds is 9. The van der Waals surface area contributed by atoms with E-state index < -0.39 is 0 Å². The Morgan fingerprint density at radius 3 is 2.62 bits per heavy atom. The van der Waals surface area contributed by atoms with Crippen molar-refractivity contribution in [2.75, 3.05) is 26.8 Å². The van der Waals surface area contributed by atoms with Gasteiger partial charge in [0.1, 0.15) is 6.61 Å². The van der Waals surface area contributed by atoms with Crippen LogP contribution < -0.4 is 14.8 Å². The Morgan fingerprint density at radius 1 is 1.18 bits per heavy atom. The van der Waals surface area contributed by atoms with Crippen LogP contribution in [0.5, 0.6) is 11.5 Å². The van der Waals surface area contributed by atoms with E-state index in [4.69, 9.17) is 25.6 Å². The zero-order valence-electron chi connectivity index (χ0n) is 19.4. The minimum atomic E-state index is -0.114. The molecule has 1 aromatic heterocycles.